The Kier molecular flexibility index (Phi) is 3.86. The van der Waals surface area contributed by atoms with Crippen LogP contribution in [0.15, 0.2) is 50.1 Å². The average molecular weight is 426 g/mol. The Morgan fingerprint density at radius 2 is 1.76 bits per heavy atom. The van der Waals surface area contributed by atoms with Crippen molar-refractivity contribution in [3.05, 3.63) is 66.0 Å². The number of halogens is 2. The lowest BCUT2D eigenvalue weighted by atomic mass is 10.2. The second-order valence-electron chi connectivity index (χ2n) is 4.69. The van der Waals surface area contributed by atoms with Crippen LogP contribution in [-0.2, 0) is 0 Å². The molecule has 0 fully saturated rings. The van der Waals surface area contributed by atoms with Gasteiger partial charge in [0, 0.05) is 8.95 Å². The van der Waals surface area contributed by atoms with E-state index >= 15 is 0 Å². The second kappa shape index (κ2) is 5.51. The molecule has 0 amide bonds. The standard InChI is InChI=1S/C15H10Br2N2OS/c1-8-6-10(16)13(11(17)7-8)19-14(20)9-4-2-3-5-12(9)18-15(19)21/h2-7H,1H3,(H,18,21). The summed E-state index contributed by atoms with van der Waals surface area (Å²) in [5.74, 6) is 0. The van der Waals surface area contributed by atoms with Gasteiger partial charge in [-0.25, -0.2) is 0 Å². The summed E-state index contributed by atoms with van der Waals surface area (Å²) in [7, 11) is 0. The van der Waals surface area contributed by atoms with Crippen LogP contribution in [-0.4, -0.2) is 9.55 Å². The van der Waals surface area contributed by atoms with Crippen molar-refractivity contribution in [2.45, 2.75) is 6.92 Å². The first-order valence-corrected chi connectivity index (χ1v) is 8.18. The third-order valence-corrected chi connectivity index (χ3v) is 4.68. The number of aromatic amines is 1. The summed E-state index contributed by atoms with van der Waals surface area (Å²) >= 11 is 12.4. The maximum absolute atomic E-state index is 12.8. The highest BCUT2D eigenvalue weighted by Gasteiger charge is 2.13. The highest BCUT2D eigenvalue weighted by Crippen LogP contribution is 2.30. The Morgan fingerprint density at radius 3 is 2.43 bits per heavy atom. The van der Waals surface area contributed by atoms with E-state index in [1.54, 1.807) is 6.07 Å². The van der Waals surface area contributed by atoms with E-state index in [1.165, 1.54) is 4.57 Å². The number of aromatic nitrogens is 2. The Labute approximate surface area is 142 Å². The first kappa shape index (κ1) is 14.7. The maximum Gasteiger partial charge on any atom is 0.266 e. The highest BCUT2D eigenvalue weighted by molar-refractivity contribution is 9.11. The van der Waals surface area contributed by atoms with Crippen LogP contribution < -0.4 is 5.56 Å². The Bertz CT molecular complexity index is 952. The minimum absolute atomic E-state index is 0.139. The first-order valence-electron chi connectivity index (χ1n) is 6.19. The van der Waals surface area contributed by atoms with Gasteiger partial charge in [-0.15, -0.1) is 0 Å². The lowest BCUT2D eigenvalue weighted by molar-refractivity contribution is 0.929. The van der Waals surface area contributed by atoms with Crippen LogP contribution in [0.25, 0.3) is 16.6 Å². The maximum atomic E-state index is 12.8. The first-order chi connectivity index (χ1) is 9.99. The van der Waals surface area contributed by atoms with E-state index in [-0.39, 0.29) is 5.56 Å². The molecule has 0 aliphatic heterocycles. The van der Waals surface area contributed by atoms with Gasteiger partial charge in [-0.2, -0.15) is 0 Å². The van der Waals surface area contributed by atoms with Crippen LogP contribution in [0.5, 0.6) is 0 Å². The average Bonchev–Trinajstić information content (AvgIpc) is 2.41. The molecule has 0 aliphatic carbocycles. The number of hydrogen-bond acceptors (Lipinski definition) is 2. The number of aryl methyl sites for hydroxylation is 1. The molecular formula is C15H10Br2N2OS. The number of hydrogen-bond donors (Lipinski definition) is 1. The molecule has 106 valence electrons. The van der Waals surface area contributed by atoms with Gasteiger partial charge in [0.05, 0.1) is 16.6 Å². The molecule has 1 heterocycles. The number of nitrogens with zero attached hydrogens (tertiary/aromatic N) is 1. The van der Waals surface area contributed by atoms with Crippen LogP contribution in [0.1, 0.15) is 5.56 Å². The SMILES string of the molecule is Cc1cc(Br)c(-n2c(=S)[nH]c3ccccc3c2=O)c(Br)c1. The van der Waals surface area contributed by atoms with Crippen LogP contribution in [0.4, 0.5) is 0 Å². The molecule has 0 aliphatic rings. The normalized spacial score (nSPS) is 11.0. The van der Waals surface area contributed by atoms with Crippen molar-refractivity contribution in [3.63, 3.8) is 0 Å². The molecule has 1 N–H and O–H groups in total. The fraction of sp³-hybridized carbons (Fsp3) is 0.0667. The Morgan fingerprint density at radius 1 is 1.14 bits per heavy atom. The molecule has 0 saturated heterocycles. The van der Waals surface area contributed by atoms with Crippen LogP contribution in [0, 0.1) is 11.7 Å². The topological polar surface area (TPSA) is 37.8 Å². The van der Waals surface area contributed by atoms with E-state index in [1.807, 2.05) is 37.3 Å². The summed E-state index contributed by atoms with van der Waals surface area (Å²) in [5, 5.41) is 0.602. The van der Waals surface area contributed by atoms with Crippen molar-refractivity contribution in [1.29, 1.82) is 0 Å². The molecule has 0 spiro atoms. The number of benzene rings is 2. The number of para-hydroxylation sites is 1. The third kappa shape index (κ3) is 2.52. The van der Waals surface area contributed by atoms with Crippen LogP contribution in [0.2, 0.25) is 0 Å². The molecule has 1 aromatic heterocycles. The van der Waals surface area contributed by atoms with E-state index in [9.17, 15) is 4.79 Å². The summed E-state index contributed by atoms with van der Waals surface area (Å²) in [4.78, 5) is 15.9. The number of fused-ring (bicyclic) bond motifs is 1. The summed E-state index contributed by atoms with van der Waals surface area (Å²) in [6, 6.07) is 11.2. The molecule has 0 radical (unpaired) electrons. The minimum Gasteiger partial charge on any atom is -0.331 e. The van der Waals surface area contributed by atoms with Gasteiger partial charge in [-0.05, 0) is 80.8 Å². The summed E-state index contributed by atoms with van der Waals surface area (Å²) in [6.07, 6.45) is 0. The van der Waals surface area contributed by atoms with E-state index in [0.29, 0.717) is 15.8 Å². The van der Waals surface area contributed by atoms with Crippen molar-refractivity contribution in [1.82, 2.24) is 9.55 Å². The molecule has 0 unspecified atom stereocenters. The lowest BCUT2D eigenvalue weighted by Crippen LogP contribution is -2.21. The van der Waals surface area contributed by atoms with Crippen LogP contribution in [0.3, 0.4) is 0 Å². The van der Waals surface area contributed by atoms with Gasteiger partial charge < -0.3 is 4.98 Å². The van der Waals surface area contributed by atoms with Crippen molar-refractivity contribution in [2.24, 2.45) is 0 Å². The third-order valence-electron chi connectivity index (χ3n) is 3.19. The van der Waals surface area contributed by atoms with Crippen LogP contribution >= 0.6 is 44.1 Å². The molecule has 21 heavy (non-hydrogen) atoms. The van der Waals surface area contributed by atoms with Crippen molar-refractivity contribution in [3.8, 4) is 5.69 Å². The molecule has 0 bridgehead atoms. The summed E-state index contributed by atoms with van der Waals surface area (Å²) < 4.78 is 3.49. The van der Waals surface area contributed by atoms with Gasteiger partial charge in [0.25, 0.3) is 5.56 Å². The smallest absolute Gasteiger partial charge is 0.266 e. The van der Waals surface area contributed by atoms with Gasteiger partial charge in [0.15, 0.2) is 4.77 Å². The quantitative estimate of drug-likeness (QED) is 0.564. The monoisotopic (exact) mass is 424 g/mol. The molecule has 6 heteroatoms. The molecule has 0 saturated carbocycles. The second-order valence-corrected chi connectivity index (χ2v) is 6.79. The number of H-pyrrole nitrogens is 1. The zero-order chi connectivity index (χ0) is 15.1. The lowest BCUT2D eigenvalue weighted by Gasteiger charge is -2.13. The molecule has 3 rings (SSSR count). The minimum atomic E-state index is -0.139. The van der Waals surface area contributed by atoms with E-state index < -0.39 is 0 Å². The largest absolute Gasteiger partial charge is 0.331 e. The highest BCUT2D eigenvalue weighted by atomic mass is 79.9. The van der Waals surface area contributed by atoms with Gasteiger partial charge >= 0.3 is 0 Å². The molecule has 0 atom stereocenters. The Hall–Kier alpha value is -1.24. The van der Waals surface area contributed by atoms with Crippen molar-refractivity contribution < 1.29 is 0 Å². The van der Waals surface area contributed by atoms with E-state index in [4.69, 9.17) is 12.2 Å². The molecule has 2 aromatic carbocycles. The Balaban J connectivity index is 2.47. The predicted molar refractivity (Wildman–Crippen MR) is 94.9 cm³/mol. The van der Waals surface area contributed by atoms with Crippen molar-refractivity contribution >= 4 is 55.0 Å². The van der Waals surface area contributed by atoms with E-state index in [0.717, 1.165) is 20.0 Å². The zero-order valence-corrected chi connectivity index (χ0v) is 15.0. The van der Waals surface area contributed by atoms with Gasteiger partial charge in [0.2, 0.25) is 0 Å². The molecule has 3 nitrogen and oxygen atoms in total. The summed E-state index contributed by atoms with van der Waals surface area (Å²) in [6.45, 7) is 1.99. The molecule has 3 aromatic rings. The van der Waals surface area contributed by atoms with E-state index in [2.05, 4.69) is 36.8 Å². The van der Waals surface area contributed by atoms with Gasteiger partial charge in [0.1, 0.15) is 0 Å². The number of rotatable bonds is 1. The molecular weight excluding hydrogens is 416 g/mol. The predicted octanol–water partition coefficient (Wildman–Crippen LogP) is 4.88. The fourth-order valence-corrected chi connectivity index (χ4v) is 4.33. The summed E-state index contributed by atoms with van der Waals surface area (Å²) in [5.41, 5.74) is 2.39. The fourth-order valence-electron chi connectivity index (χ4n) is 2.27. The van der Waals surface area contributed by atoms with Gasteiger partial charge in [-0.1, -0.05) is 12.1 Å². The zero-order valence-electron chi connectivity index (χ0n) is 11.0. The number of nitrogens with one attached hydrogen (secondary N) is 1. The van der Waals surface area contributed by atoms with Crippen molar-refractivity contribution in [2.75, 3.05) is 0 Å². The van der Waals surface area contributed by atoms with Gasteiger partial charge in [-0.3, -0.25) is 9.36 Å².